The summed E-state index contributed by atoms with van der Waals surface area (Å²) in [6.07, 6.45) is -0.110. The Bertz CT molecular complexity index is 2380. The molecular formula is C45H42N3O12P3. The average Bonchev–Trinajstić information content (AvgIpc) is 4.14. The normalized spacial score (nSPS) is 25.0. The Morgan fingerprint density at radius 2 is 0.571 bits per heavy atom. The van der Waals surface area contributed by atoms with E-state index in [0.29, 0.717) is 74.1 Å². The van der Waals surface area contributed by atoms with Crippen LogP contribution in [0.3, 0.4) is 0 Å². The van der Waals surface area contributed by atoms with Crippen LogP contribution in [0.5, 0.6) is 51.7 Å². The second-order valence-corrected chi connectivity index (χ2v) is 20.6. The van der Waals surface area contributed by atoms with E-state index in [9.17, 15) is 0 Å². The van der Waals surface area contributed by atoms with Crippen molar-refractivity contribution in [3.05, 3.63) is 164 Å². The average molecular weight is 910 g/mol. The molecule has 3 saturated heterocycles. The molecule has 15 nitrogen and oxygen atoms in total. The molecule has 10 rings (SSSR count). The fourth-order valence-corrected chi connectivity index (χ4v) is 15.1. The summed E-state index contributed by atoms with van der Waals surface area (Å²) >= 11 is 0. The van der Waals surface area contributed by atoms with Crippen LogP contribution in [-0.2, 0) is 14.2 Å². The summed E-state index contributed by atoms with van der Waals surface area (Å²) in [6.45, 7) is 2.70. The van der Waals surface area contributed by atoms with Gasteiger partial charge >= 0.3 is 23.0 Å². The molecule has 0 bridgehead atoms. The zero-order chi connectivity index (χ0) is 42.4. The summed E-state index contributed by atoms with van der Waals surface area (Å²) in [6, 6.07) is 48.9. The monoisotopic (exact) mass is 909 g/mol. The summed E-state index contributed by atoms with van der Waals surface area (Å²) in [5.41, 5.74) is 0. The number of ether oxygens (including phenoxy) is 6. The number of epoxide rings is 3. The highest BCUT2D eigenvalue weighted by molar-refractivity contribution is 7.79. The summed E-state index contributed by atoms with van der Waals surface area (Å²) < 4.78 is 93.5. The second kappa shape index (κ2) is 18.4. The molecule has 3 unspecified atom stereocenters. The molecule has 0 radical (unpaired) electrons. The molecular weight excluding hydrogens is 867 g/mol. The Kier molecular flexibility index (Phi) is 12.0. The van der Waals surface area contributed by atoms with Crippen molar-refractivity contribution in [2.75, 3.05) is 39.6 Å². The predicted octanol–water partition coefficient (Wildman–Crippen LogP) is 11.6. The molecule has 324 valence electrons. The first-order valence-corrected chi connectivity index (χ1v) is 24.8. The van der Waals surface area contributed by atoms with Crippen LogP contribution in [-0.4, -0.2) is 58.0 Å². The minimum atomic E-state index is -4.23. The maximum atomic E-state index is 7.10. The number of rotatable bonds is 21. The first-order chi connectivity index (χ1) is 31.0. The zero-order valence-electron chi connectivity index (χ0n) is 33.6. The van der Waals surface area contributed by atoms with Gasteiger partial charge in [-0.15, -0.1) is 0 Å². The molecule has 4 heterocycles. The largest absolute Gasteiger partial charge is 0.487 e. The van der Waals surface area contributed by atoms with Crippen molar-refractivity contribution < 1.29 is 55.6 Å². The Balaban J connectivity index is 1.23. The molecule has 3 fully saturated rings. The number of benzene rings is 6. The lowest BCUT2D eigenvalue weighted by Crippen LogP contribution is -2.13. The molecule has 0 aliphatic carbocycles. The van der Waals surface area contributed by atoms with Crippen molar-refractivity contribution in [1.82, 2.24) is 0 Å². The highest BCUT2D eigenvalue weighted by Crippen LogP contribution is 2.79. The smallest absolute Gasteiger partial charge is 0.461 e. The molecule has 63 heavy (non-hydrogen) atoms. The van der Waals surface area contributed by atoms with E-state index < -0.39 is 23.0 Å². The van der Waals surface area contributed by atoms with Gasteiger partial charge in [0.05, 0.1) is 19.8 Å². The van der Waals surface area contributed by atoms with Gasteiger partial charge in [-0.05, 0) is 72.8 Å². The van der Waals surface area contributed by atoms with Gasteiger partial charge in [0.2, 0.25) is 0 Å². The quantitative estimate of drug-likeness (QED) is 0.0498. The van der Waals surface area contributed by atoms with Crippen molar-refractivity contribution >= 4 is 23.0 Å². The highest BCUT2D eigenvalue weighted by Gasteiger charge is 2.50. The Hall–Kier alpha value is -5.91. The van der Waals surface area contributed by atoms with Gasteiger partial charge in [0, 0.05) is 0 Å². The maximum absolute atomic E-state index is 7.10. The number of para-hydroxylation sites is 9. The predicted molar refractivity (Wildman–Crippen MR) is 236 cm³/mol. The van der Waals surface area contributed by atoms with Gasteiger partial charge in [-0.25, -0.2) is 0 Å². The lowest BCUT2D eigenvalue weighted by atomic mass is 10.3. The number of nitrogens with zero attached hydrogens (tertiary/aromatic N) is 3. The van der Waals surface area contributed by atoms with E-state index in [1.54, 1.807) is 72.8 Å². The first kappa shape index (κ1) is 41.1. The molecule has 0 aromatic heterocycles. The van der Waals surface area contributed by atoms with E-state index in [1.807, 2.05) is 91.0 Å². The van der Waals surface area contributed by atoms with Crippen LogP contribution in [0.25, 0.3) is 0 Å². The van der Waals surface area contributed by atoms with Gasteiger partial charge < -0.3 is 55.6 Å². The second-order valence-electron chi connectivity index (χ2n) is 14.4. The molecule has 6 aromatic rings. The third kappa shape index (κ3) is 10.8. The van der Waals surface area contributed by atoms with Gasteiger partial charge in [-0.3, -0.25) is 0 Å². The first-order valence-electron chi connectivity index (χ1n) is 20.2. The lowest BCUT2D eigenvalue weighted by Gasteiger charge is -2.33. The molecule has 4 aliphatic rings. The van der Waals surface area contributed by atoms with E-state index in [-0.39, 0.29) is 35.6 Å². The molecule has 3 atom stereocenters. The van der Waals surface area contributed by atoms with Crippen LogP contribution >= 0.6 is 23.0 Å². The van der Waals surface area contributed by atoms with Gasteiger partial charge in [-0.1, -0.05) is 105 Å². The summed E-state index contributed by atoms with van der Waals surface area (Å²) in [7, 11) is -12.7. The van der Waals surface area contributed by atoms with Crippen molar-refractivity contribution in [3.63, 3.8) is 0 Å². The molecule has 0 N–H and O–H groups in total. The molecule has 18 heteroatoms. The number of hydrogen-bond donors (Lipinski definition) is 0. The highest BCUT2D eigenvalue weighted by atomic mass is 31.3. The van der Waals surface area contributed by atoms with Crippen LogP contribution in [0.4, 0.5) is 0 Å². The molecule has 4 aliphatic heterocycles. The minimum Gasteiger partial charge on any atom is -0.487 e. The number of hydrogen-bond acceptors (Lipinski definition) is 15. The topological polar surface area (TPSA) is 158 Å². The summed E-state index contributed by atoms with van der Waals surface area (Å²) in [5.74, 6) is 3.16. The van der Waals surface area contributed by atoms with Crippen LogP contribution < -0.4 is 41.4 Å². The minimum absolute atomic E-state index is 0.0368. The Labute approximate surface area is 364 Å². The Morgan fingerprint density at radius 3 is 0.825 bits per heavy atom. The van der Waals surface area contributed by atoms with Crippen molar-refractivity contribution in [2.45, 2.75) is 18.3 Å². The van der Waals surface area contributed by atoms with Crippen LogP contribution in [0, 0.1) is 0 Å². The lowest BCUT2D eigenvalue weighted by molar-refractivity contribution is 0.256. The fraction of sp³-hybridized carbons (Fsp3) is 0.200. The Morgan fingerprint density at radius 1 is 0.333 bits per heavy atom. The summed E-state index contributed by atoms with van der Waals surface area (Å²) in [5, 5.41) is 0. The third-order valence-electron chi connectivity index (χ3n) is 9.26. The van der Waals surface area contributed by atoms with Gasteiger partial charge in [0.15, 0.2) is 34.5 Å². The van der Waals surface area contributed by atoms with Crippen molar-refractivity contribution in [1.29, 1.82) is 0 Å². The zero-order valence-corrected chi connectivity index (χ0v) is 36.3. The van der Waals surface area contributed by atoms with Crippen molar-refractivity contribution in [2.24, 2.45) is 13.5 Å². The van der Waals surface area contributed by atoms with Crippen LogP contribution in [0.15, 0.2) is 177 Å². The SMILES string of the molecule is c1ccc(OP2(Oc3ccccc3OCC3CO3)=NP(Oc3ccccc3)(Oc3ccccc3OCC3CO3)=NP(Oc3ccccc3)(Oc3ccccc3OCC3CO3)=N2)cc1. The van der Waals surface area contributed by atoms with Crippen molar-refractivity contribution in [3.8, 4) is 51.7 Å². The van der Waals surface area contributed by atoms with E-state index in [4.69, 9.17) is 69.1 Å². The maximum Gasteiger partial charge on any atom is 0.461 e. The third-order valence-corrected chi connectivity index (χ3v) is 17.3. The van der Waals surface area contributed by atoms with Crippen LogP contribution in [0.1, 0.15) is 0 Å². The standard InChI is InChI=1S/C45H42N3O12P3/c1-4-16-34(17-5-1)55-61(58-43-25-13-10-22-40(43)52-31-37-28-49-37)46-62(56-35-18-6-2-7-19-35,59-44-26-14-11-23-41(44)53-32-38-29-50-38)48-63(47-61,57-36-20-8-3-9-21-36)60-45-27-15-12-24-42(45)54-33-39-30-51-39/h1-27,37-39H,28-33H2. The molecule has 0 saturated carbocycles. The van der Waals surface area contributed by atoms with E-state index >= 15 is 0 Å². The van der Waals surface area contributed by atoms with E-state index in [2.05, 4.69) is 0 Å². The van der Waals surface area contributed by atoms with Gasteiger partial charge in [-0.2, -0.15) is 0 Å². The van der Waals surface area contributed by atoms with E-state index in [0.717, 1.165) is 0 Å². The van der Waals surface area contributed by atoms with Gasteiger partial charge in [0.1, 0.15) is 55.4 Å². The van der Waals surface area contributed by atoms with Crippen LogP contribution in [0.2, 0.25) is 0 Å². The van der Waals surface area contributed by atoms with Gasteiger partial charge in [0.25, 0.3) is 0 Å². The molecule has 6 aromatic carbocycles. The fourth-order valence-electron chi connectivity index (χ4n) is 5.97. The summed E-state index contributed by atoms with van der Waals surface area (Å²) in [4.78, 5) is 0. The molecule has 0 amide bonds. The molecule has 0 spiro atoms. The van der Waals surface area contributed by atoms with E-state index in [1.165, 1.54) is 0 Å².